The molecule has 0 aliphatic carbocycles. The molecule has 1 rings (SSSR count). The first-order valence-electron chi connectivity index (χ1n) is 4.55. The van der Waals surface area contributed by atoms with Gasteiger partial charge in [0.05, 0.1) is 12.2 Å². The molecular weight excluding hydrogens is 297 g/mol. The summed E-state index contributed by atoms with van der Waals surface area (Å²) in [4.78, 5) is 22.1. The number of benzene rings is 1. The number of amides is 1. The quantitative estimate of drug-likeness (QED) is 0.766. The van der Waals surface area contributed by atoms with Crippen LogP contribution in [0.1, 0.15) is 10.4 Å². The third kappa shape index (κ3) is 3.50. The Bertz CT molecular complexity index is 452. The second-order valence-electron chi connectivity index (χ2n) is 3.17. The maximum atomic E-state index is 13.3. The number of aliphatic hydroxyl groups excluding tert-OH is 1. The minimum absolute atomic E-state index is 0.293. The van der Waals surface area contributed by atoms with Gasteiger partial charge in [-0.05, 0) is 18.2 Å². The van der Waals surface area contributed by atoms with E-state index in [2.05, 4.69) is 15.9 Å². The van der Waals surface area contributed by atoms with Crippen molar-refractivity contribution in [3.63, 3.8) is 0 Å². The van der Waals surface area contributed by atoms with Crippen LogP contribution in [-0.4, -0.2) is 34.7 Å². The van der Waals surface area contributed by atoms with Crippen molar-refractivity contribution < 1.29 is 24.2 Å². The second kappa shape index (κ2) is 5.74. The van der Waals surface area contributed by atoms with Crippen molar-refractivity contribution in [3.8, 4) is 0 Å². The van der Waals surface area contributed by atoms with E-state index in [0.29, 0.717) is 4.47 Å². The summed E-state index contributed by atoms with van der Waals surface area (Å²) in [7, 11) is 0. The molecule has 0 saturated heterocycles. The van der Waals surface area contributed by atoms with E-state index in [-0.39, 0.29) is 5.56 Å². The van der Waals surface area contributed by atoms with E-state index in [1.54, 1.807) is 0 Å². The Labute approximate surface area is 104 Å². The highest BCUT2D eigenvalue weighted by Crippen LogP contribution is 2.15. The number of rotatable bonds is 4. The first-order chi connectivity index (χ1) is 7.95. The predicted octanol–water partition coefficient (Wildman–Crippen LogP) is 0.764. The van der Waals surface area contributed by atoms with Crippen LogP contribution in [0.4, 0.5) is 4.39 Å². The van der Waals surface area contributed by atoms with Crippen molar-refractivity contribution in [2.75, 3.05) is 6.61 Å². The average Bonchev–Trinajstić information content (AvgIpc) is 2.28. The summed E-state index contributed by atoms with van der Waals surface area (Å²) in [6.45, 7) is -0.767. The number of hydrogen-bond acceptors (Lipinski definition) is 3. The molecule has 0 radical (unpaired) electrons. The maximum Gasteiger partial charge on any atom is 0.328 e. The minimum Gasteiger partial charge on any atom is -0.480 e. The molecule has 0 aliphatic rings. The second-order valence-corrected chi connectivity index (χ2v) is 4.09. The summed E-state index contributed by atoms with van der Waals surface area (Å²) in [6, 6.07) is 2.25. The number of carbonyl (C=O) groups is 2. The minimum atomic E-state index is -1.46. The molecule has 1 unspecified atom stereocenters. The molecule has 0 fully saturated rings. The lowest BCUT2D eigenvalue weighted by atomic mass is 10.2. The zero-order valence-electron chi connectivity index (χ0n) is 8.48. The van der Waals surface area contributed by atoms with Crippen LogP contribution >= 0.6 is 15.9 Å². The Morgan fingerprint density at radius 1 is 1.47 bits per heavy atom. The molecule has 0 heterocycles. The van der Waals surface area contributed by atoms with Crippen molar-refractivity contribution >= 4 is 27.8 Å². The fourth-order valence-corrected chi connectivity index (χ4v) is 1.45. The topological polar surface area (TPSA) is 86.6 Å². The van der Waals surface area contributed by atoms with Gasteiger partial charge in [0.1, 0.15) is 5.82 Å². The van der Waals surface area contributed by atoms with E-state index in [9.17, 15) is 14.0 Å². The summed E-state index contributed by atoms with van der Waals surface area (Å²) < 4.78 is 13.8. The number of carboxylic acid groups (broad SMARTS) is 1. The van der Waals surface area contributed by atoms with Gasteiger partial charge in [-0.2, -0.15) is 0 Å². The van der Waals surface area contributed by atoms with E-state index in [1.807, 2.05) is 5.32 Å². The molecule has 17 heavy (non-hydrogen) atoms. The van der Waals surface area contributed by atoms with Crippen LogP contribution in [0, 0.1) is 5.82 Å². The van der Waals surface area contributed by atoms with Crippen molar-refractivity contribution in [3.05, 3.63) is 34.1 Å². The number of aliphatic hydroxyl groups is 1. The lowest BCUT2D eigenvalue weighted by Gasteiger charge is -2.12. The molecule has 7 heteroatoms. The Balaban J connectivity index is 2.89. The lowest BCUT2D eigenvalue weighted by molar-refractivity contribution is -0.140. The van der Waals surface area contributed by atoms with Crippen molar-refractivity contribution in [1.82, 2.24) is 5.32 Å². The number of carboxylic acids is 1. The molecule has 0 spiro atoms. The summed E-state index contributed by atoms with van der Waals surface area (Å²) in [5.74, 6) is -3.06. The van der Waals surface area contributed by atoms with Gasteiger partial charge in [-0.3, -0.25) is 4.79 Å². The maximum absolute atomic E-state index is 13.3. The Morgan fingerprint density at radius 2 is 2.12 bits per heavy atom. The largest absolute Gasteiger partial charge is 0.480 e. The van der Waals surface area contributed by atoms with E-state index in [0.717, 1.165) is 6.07 Å². The molecular formula is C10H9BrFNO4. The molecule has 1 atom stereocenters. The van der Waals surface area contributed by atoms with Crippen LogP contribution in [0.5, 0.6) is 0 Å². The normalized spacial score (nSPS) is 11.9. The molecule has 0 aromatic heterocycles. The number of carbonyl (C=O) groups excluding carboxylic acids is 1. The van der Waals surface area contributed by atoms with Crippen molar-refractivity contribution in [2.45, 2.75) is 6.04 Å². The predicted molar refractivity (Wildman–Crippen MR) is 60.1 cm³/mol. The zero-order chi connectivity index (χ0) is 13.0. The van der Waals surface area contributed by atoms with Gasteiger partial charge in [0, 0.05) is 4.47 Å². The summed E-state index contributed by atoms with van der Waals surface area (Å²) >= 11 is 3.06. The standard InChI is InChI=1S/C10H9BrFNO4/c11-5-1-2-7(12)6(3-5)9(15)13-8(4-14)10(16)17/h1-3,8,14H,4H2,(H,13,15)(H,16,17). The van der Waals surface area contributed by atoms with Gasteiger partial charge in [0.25, 0.3) is 5.91 Å². The molecule has 92 valence electrons. The first kappa shape index (κ1) is 13.6. The number of aliphatic carboxylic acids is 1. The fourth-order valence-electron chi connectivity index (χ4n) is 1.09. The summed E-state index contributed by atoms with van der Waals surface area (Å²) in [5.41, 5.74) is -0.293. The van der Waals surface area contributed by atoms with Gasteiger partial charge >= 0.3 is 5.97 Å². The molecule has 1 aromatic rings. The third-order valence-corrected chi connectivity index (χ3v) is 2.45. The van der Waals surface area contributed by atoms with E-state index >= 15 is 0 Å². The Morgan fingerprint density at radius 3 is 2.65 bits per heavy atom. The van der Waals surface area contributed by atoms with Gasteiger partial charge in [-0.15, -0.1) is 0 Å². The van der Waals surface area contributed by atoms with E-state index in [4.69, 9.17) is 10.2 Å². The molecule has 0 saturated carbocycles. The smallest absolute Gasteiger partial charge is 0.328 e. The van der Waals surface area contributed by atoms with E-state index in [1.165, 1.54) is 12.1 Å². The van der Waals surface area contributed by atoms with Gasteiger partial charge in [-0.1, -0.05) is 15.9 Å². The summed E-state index contributed by atoms with van der Waals surface area (Å²) in [5, 5.41) is 19.3. The van der Waals surface area contributed by atoms with Crippen LogP contribution in [0.2, 0.25) is 0 Å². The van der Waals surface area contributed by atoms with Gasteiger partial charge in [-0.25, -0.2) is 9.18 Å². The number of hydrogen-bond donors (Lipinski definition) is 3. The zero-order valence-corrected chi connectivity index (χ0v) is 10.1. The third-order valence-electron chi connectivity index (χ3n) is 1.96. The average molecular weight is 306 g/mol. The van der Waals surface area contributed by atoms with Crippen LogP contribution in [0.25, 0.3) is 0 Å². The molecule has 5 nitrogen and oxygen atoms in total. The monoisotopic (exact) mass is 305 g/mol. The van der Waals surface area contributed by atoms with Gasteiger partial charge in [0.2, 0.25) is 0 Å². The highest BCUT2D eigenvalue weighted by molar-refractivity contribution is 9.10. The van der Waals surface area contributed by atoms with Crippen LogP contribution in [0.15, 0.2) is 22.7 Å². The van der Waals surface area contributed by atoms with Crippen LogP contribution < -0.4 is 5.32 Å². The van der Waals surface area contributed by atoms with Crippen LogP contribution in [0.3, 0.4) is 0 Å². The number of nitrogens with one attached hydrogen (secondary N) is 1. The molecule has 3 N–H and O–H groups in total. The van der Waals surface area contributed by atoms with Crippen molar-refractivity contribution in [2.24, 2.45) is 0 Å². The Kier molecular flexibility index (Phi) is 4.59. The van der Waals surface area contributed by atoms with Crippen molar-refractivity contribution in [1.29, 1.82) is 0 Å². The van der Waals surface area contributed by atoms with Crippen LogP contribution in [-0.2, 0) is 4.79 Å². The Hall–Kier alpha value is -1.47. The lowest BCUT2D eigenvalue weighted by Crippen LogP contribution is -2.43. The SMILES string of the molecule is O=C(NC(CO)C(=O)O)c1cc(Br)ccc1F. The highest BCUT2D eigenvalue weighted by Gasteiger charge is 2.21. The molecule has 0 bridgehead atoms. The van der Waals surface area contributed by atoms with Gasteiger partial charge in [0.15, 0.2) is 6.04 Å². The first-order valence-corrected chi connectivity index (χ1v) is 5.34. The van der Waals surface area contributed by atoms with Gasteiger partial charge < -0.3 is 15.5 Å². The molecule has 1 aromatic carbocycles. The summed E-state index contributed by atoms with van der Waals surface area (Å²) in [6.07, 6.45) is 0. The fraction of sp³-hybridized carbons (Fsp3) is 0.200. The molecule has 0 aliphatic heterocycles. The number of halogens is 2. The highest BCUT2D eigenvalue weighted by atomic mass is 79.9. The van der Waals surface area contributed by atoms with E-state index < -0.39 is 30.3 Å². The molecule has 1 amide bonds.